The predicted molar refractivity (Wildman–Crippen MR) is 104 cm³/mol. The Hall–Kier alpha value is -2.89. The Morgan fingerprint density at radius 1 is 1.00 bits per heavy atom. The second-order valence-corrected chi connectivity index (χ2v) is 6.86. The fraction of sp³-hybridized carbons (Fsp3) is 0.350. The highest BCUT2D eigenvalue weighted by Crippen LogP contribution is 2.34. The Morgan fingerprint density at radius 3 is 2.38 bits per heavy atom. The van der Waals surface area contributed by atoms with Gasteiger partial charge in [-0.15, -0.1) is 4.91 Å². The van der Waals surface area contributed by atoms with E-state index in [-0.39, 0.29) is 5.91 Å². The Bertz CT molecular complexity index is 857. The maximum absolute atomic E-state index is 12.0. The van der Waals surface area contributed by atoms with Gasteiger partial charge in [0.15, 0.2) is 0 Å². The van der Waals surface area contributed by atoms with Crippen LogP contribution in [0.3, 0.4) is 0 Å². The number of nitroso groups, excluding NO2 is 1. The van der Waals surface area contributed by atoms with Gasteiger partial charge in [-0.05, 0) is 47.8 Å². The molecule has 26 heavy (non-hydrogen) atoms. The highest BCUT2D eigenvalue weighted by atomic mass is 16.3. The number of anilines is 2. The van der Waals surface area contributed by atoms with Crippen molar-refractivity contribution in [3.63, 3.8) is 0 Å². The number of rotatable bonds is 3. The van der Waals surface area contributed by atoms with Gasteiger partial charge in [-0.2, -0.15) is 0 Å². The van der Waals surface area contributed by atoms with Crippen molar-refractivity contribution < 1.29 is 4.79 Å². The summed E-state index contributed by atoms with van der Waals surface area (Å²) in [6.45, 7) is 6.19. The van der Waals surface area contributed by atoms with Crippen molar-refractivity contribution in [2.24, 2.45) is 5.18 Å². The molecule has 0 aromatic heterocycles. The molecule has 2 aromatic carbocycles. The molecule has 0 unspecified atom stereocenters. The first kappa shape index (κ1) is 16.6. The standard InChI is InChI=1S/C20H22N4O2/c1-14-4-2-3-5-18(14)23-8-10-24(11-9-23)19-12-15-6-7-21-20(25)16(15)13-17(19)22-26/h2-5,12-13H,6-11H2,1H3,(H,21,25). The Balaban J connectivity index is 1.57. The summed E-state index contributed by atoms with van der Waals surface area (Å²) in [5.74, 6) is -0.118. The van der Waals surface area contributed by atoms with Gasteiger partial charge in [-0.3, -0.25) is 4.79 Å². The molecule has 2 aliphatic heterocycles. The van der Waals surface area contributed by atoms with Crippen LogP contribution in [-0.4, -0.2) is 38.6 Å². The van der Waals surface area contributed by atoms with Crippen LogP contribution in [0.4, 0.5) is 17.1 Å². The number of nitrogens with one attached hydrogen (secondary N) is 1. The third kappa shape index (κ3) is 2.92. The molecule has 6 heteroatoms. The normalized spacial score (nSPS) is 16.9. The molecule has 0 saturated carbocycles. The van der Waals surface area contributed by atoms with E-state index in [4.69, 9.17) is 0 Å². The van der Waals surface area contributed by atoms with Gasteiger partial charge in [0.1, 0.15) is 5.69 Å². The van der Waals surface area contributed by atoms with Crippen LogP contribution in [0, 0.1) is 11.8 Å². The number of nitrogens with zero attached hydrogens (tertiary/aromatic N) is 3. The zero-order valence-electron chi connectivity index (χ0n) is 14.9. The Morgan fingerprint density at radius 2 is 1.69 bits per heavy atom. The molecule has 1 N–H and O–H groups in total. The molecule has 0 aliphatic carbocycles. The third-order valence-corrected chi connectivity index (χ3v) is 5.30. The van der Waals surface area contributed by atoms with E-state index in [1.165, 1.54) is 11.3 Å². The first-order chi connectivity index (χ1) is 12.7. The van der Waals surface area contributed by atoms with Gasteiger partial charge >= 0.3 is 0 Å². The topological polar surface area (TPSA) is 65.0 Å². The minimum Gasteiger partial charge on any atom is -0.368 e. The summed E-state index contributed by atoms with van der Waals surface area (Å²) in [4.78, 5) is 28.0. The quantitative estimate of drug-likeness (QED) is 0.864. The first-order valence-corrected chi connectivity index (χ1v) is 9.01. The average Bonchev–Trinajstić information content (AvgIpc) is 2.68. The lowest BCUT2D eigenvalue weighted by atomic mass is 9.98. The lowest BCUT2D eigenvalue weighted by molar-refractivity contribution is 0.0946. The van der Waals surface area contributed by atoms with Gasteiger partial charge in [0.2, 0.25) is 0 Å². The summed E-state index contributed by atoms with van der Waals surface area (Å²) in [7, 11) is 0. The second-order valence-electron chi connectivity index (χ2n) is 6.86. The van der Waals surface area contributed by atoms with E-state index in [9.17, 15) is 9.70 Å². The number of hydrogen-bond acceptors (Lipinski definition) is 5. The summed E-state index contributed by atoms with van der Waals surface area (Å²) in [5, 5.41) is 6.01. The van der Waals surface area contributed by atoms with Crippen LogP contribution < -0.4 is 15.1 Å². The maximum atomic E-state index is 12.0. The number of fused-ring (bicyclic) bond motifs is 1. The largest absolute Gasteiger partial charge is 0.368 e. The first-order valence-electron chi connectivity index (χ1n) is 9.01. The van der Waals surface area contributed by atoms with Crippen molar-refractivity contribution in [2.75, 3.05) is 42.5 Å². The molecule has 134 valence electrons. The molecule has 0 radical (unpaired) electrons. The van der Waals surface area contributed by atoms with Gasteiger partial charge in [0.05, 0.1) is 5.69 Å². The minimum absolute atomic E-state index is 0.118. The van der Waals surface area contributed by atoms with Crippen LogP contribution in [0.15, 0.2) is 41.6 Å². The van der Waals surface area contributed by atoms with Crippen molar-refractivity contribution in [3.8, 4) is 0 Å². The SMILES string of the molecule is Cc1ccccc1N1CCN(c2cc3c(cc2N=O)C(=O)NCC3)CC1. The van der Waals surface area contributed by atoms with Crippen molar-refractivity contribution >= 4 is 23.0 Å². The molecule has 2 aromatic rings. The van der Waals surface area contributed by atoms with Crippen molar-refractivity contribution in [1.82, 2.24) is 5.32 Å². The van der Waals surface area contributed by atoms with E-state index in [0.29, 0.717) is 17.8 Å². The highest BCUT2D eigenvalue weighted by molar-refractivity contribution is 5.98. The van der Waals surface area contributed by atoms with E-state index < -0.39 is 0 Å². The highest BCUT2D eigenvalue weighted by Gasteiger charge is 2.25. The Kier molecular flexibility index (Phi) is 4.32. The molecule has 0 spiro atoms. The number of piperazine rings is 1. The summed E-state index contributed by atoms with van der Waals surface area (Å²) >= 11 is 0. The number of amides is 1. The molecule has 2 aliphatic rings. The summed E-state index contributed by atoms with van der Waals surface area (Å²) in [5.41, 5.74) is 5.31. The third-order valence-electron chi connectivity index (χ3n) is 5.30. The molecular formula is C20H22N4O2. The number of carbonyl (C=O) groups is 1. The van der Waals surface area contributed by atoms with Crippen molar-refractivity contribution in [2.45, 2.75) is 13.3 Å². The zero-order valence-corrected chi connectivity index (χ0v) is 14.9. The van der Waals surface area contributed by atoms with Crippen LogP contribution in [0.1, 0.15) is 21.5 Å². The lowest BCUT2D eigenvalue weighted by Crippen LogP contribution is -2.47. The van der Waals surface area contributed by atoms with Crippen LogP contribution in [-0.2, 0) is 6.42 Å². The number of aryl methyl sites for hydroxylation is 1. The van der Waals surface area contributed by atoms with Crippen molar-refractivity contribution in [1.29, 1.82) is 0 Å². The minimum atomic E-state index is -0.118. The molecule has 1 saturated heterocycles. The van der Waals surface area contributed by atoms with Gasteiger partial charge in [0.25, 0.3) is 5.91 Å². The zero-order chi connectivity index (χ0) is 18.1. The lowest BCUT2D eigenvalue weighted by Gasteiger charge is -2.38. The van der Waals surface area contributed by atoms with E-state index in [2.05, 4.69) is 51.5 Å². The van der Waals surface area contributed by atoms with E-state index in [1.807, 2.05) is 6.07 Å². The molecule has 0 atom stereocenters. The van der Waals surface area contributed by atoms with E-state index >= 15 is 0 Å². The summed E-state index contributed by atoms with van der Waals surface area (Å²) in [6.07, 6.45) is 0.788. The molecule has 6 nitrogen and oxygen atoms in total. The van der Waals surface area contributed by atoms with Gasteiger partial charge in [-0.25, -0.2) is 0 Å². The van der Waals surface area contributed by atoms with Crippen LogP contribution in [0.25, 0.3) is 0 Å². The molecule has 2 heterocycles. The molecule has 1 fully saturated rings. The second kappa shape index (κ2) is 6.78. The maximum Gasteiger partial charge on any atom is 0.251 e. The predicted octanol–water partition coefficient (Wildman–Crippen LogP) is 3.01. The van der Waals surface area contributed by atoms with E-state index in [1.54, 1.807) is 6.07 Å². The molecule has 4 rings (SSSR count). The van der Waals surface area contributed by atoms with Crippen LogP contribution in [0.2, 0.25) is 0 Å². The summed E-state index contributed by atoms with van der Waals surface area (Å²) in [6, 6.07) is 12.0. The average molecular weight is 350 g/mol. The van der Waals surface area contributed by atoms with E-state index in [0.717, 1.165) is 43.9 Å². The fourth-order valence-electron chi connectivity index (χ4n) is 3.88. The number of benzene rings is 2. The monoisotopic (exact) mass is 350 g/mol. The van der Waals surface area contributed by atoms with Gasteiger partial charge in [0, 0.05) is 44.0 Å². The Labute approximate surface area is 152 Å². The molecule has 1 amide bonds. The van der Waals surface area contributed by atoms with Crippen LogP contribution >= 0.6 is 0 Å². The van der Waals surface area contributed by atoms with Gasteiger partial charge in [-0.1, -0.05) is 18.2 Å². The van der Waals surface area contributed by atoms with Crippen LogP contribution in [0.5, 0.6) is 0 Å². The smallest absolute Gasteiger partial charge is 0.251 e. The number of para-hydroxylation sites is 1. The number of carbonyl (C=O) groups excluding carboxylic acids is 1. The number of hydrogen-bond donors (Lipinski definition) is 1. The van der Waals surface area contributed by atoms with Gasteiger partial charge < -0.3 is 15.1 Å². The van der Waals surface area contributed by atoms with Crippen molar-refractivity contribution in [3.05, 3.63) is 58.0 Å². The molecular weight excluding hydrogens is 328 g/mol. The fourth-order valence-corrected chi connectivity index (χ4v) is 3.88. The summed E-state index contributed by atoms with van der Waals surface area (Å²) < 4.78 is 0. The molecule has 0 bridgehead atoms.